The molecule has 0 aliphatic rings. The molecule has 8 nitrogen and oxygen atoms in total. The van der Waals surface area contributed by atoms with Gasteiger partial charge in [-0.2, -0.15) is 0 Å². The Bertz CT molecular complexity index is 353. The van der Waals surface area contributed by atoms with Crippen molar-refractivity contribution in [2.45, 2.75) is 32.8 Å². The fraction of sp³-hybridized carbons (Fsp3) is 0.714. The van der Waals surface area contributed by atoms with E-state index >= 15 is 0 Å². The zero-order chi connectivity index (χ0) is 18.3. The molecule has 0 aliphatic carbocycles. The van der Waals surface area contributed by atoms with Crippen LogP contribution in [0.2, 0.25) is 0 Å². The first-order valence-corrected chi connectivity index (χ1v) is 9.16. The molecule has 0 rings (SSSR count). The highest BCUT2D eigenvalue weighted by molar-refractivity contribution is 8.22. The molecule has 0 saturated heterocycles. The predicted octanol–water partition coefficient (Wildman–Crippen LogP) is 1.41. The van der Waals surface area contributed by atoms with Crippen molar-refractivity contribution >= 4 is 23.1 Å². The van der Waals surface area contributed by atoms with Gasteiger partial charge in [0.2, 0.25) is 6.41 Å². The maximum Gasteiger partial charge on any atom is 0.251 e. The predicted molar refractivity (Wildman–Crippen MR) is 94.1 cm³/mol. The van der Waals surface area contributed by atoms with Crippen molar-refractivity contribution in [3.8, 4) is 0 Å². The van der Waals surface area contributed by atoms with Crippen LogP contribution in [-0.2, 0) is 14.3 Å². The lowest BCUT2D eigenvalue weighted by atomic mass is 10.2. The van der Waals surface area contributed by atoms with Crippen molar-refractivity contribution in [2.75, 3.05) is 33.5 Å². The number of ether oxygens (including phenoxy) is 1. The number of amides is 2. The summed E-state index contributed by atoms with van der Waals surface area (Å²) in [7, 11) is 2.13. The highest BCUT2D eigenvalue weighted by Gasteiger charge is 2.14. The molecule has 0 radical (unpaired) electrons. The van der Waals surface area contributed by atoms with Crippen molar-refractivity contribution in [1.82, 2.24) is 14.9 Å². The molecule has 0 aliphatic heterocycles. The summed E-state index contributed by atoms with van der Waals surface area (Å²) in [5, 5.41) is 2.00. The monoisotopic (exact) mass is 353 g/mol. The smallest absolute Gasteiger partial charge is 0.251 e. The van der Waals surface area contributed by atoms with Gasteiger partial charge in [-0.25, -0.2) is 4.72 Å². The topological polar surface area (TPSA) is 111 Å². The molecule has 1 atom stereocenters. The normalized spacial score (nSPS) is 13.0. The second-order valence-corrected chi connectivity index (χ2v) is 6.58. The fourth-order valence-electron chi connectivity index (χ4n) is 1.50. The van der Waals surface area contributed by atoms with Gasteiger partial charge in [-0.3, -0.25) is 24.0 Å². The minimum Gasteiger partial charge on any atom is -0.381 e. The van der Waals surface area contributed by atoms with Crippen LogP contribution in [-0.4, -0.2) is 65.9 Å². The molecule has 138 valence electrons. The second-order valence-electron chi connectivity index (χ2n) is 4.43. The number of carbonyl (C=O) groups is 2. The summed E-state index contributed by atoms with van der Waals surface area (Å²) >= 11 is 0. The Kier molecular flexibility index (Phi) is 15.2. The summed E-state index contributed by atoms with van der Waals surface area (Å²) in [5.74, 6) is -0.258. The molecule has 0 aromatic heterocycles. The van der Waals surface area contributed by atoms with Crippen molar-refractivity contribution in [2.24, 2.45) is 0 Å². The van der Waals surface area contributed by atoms with Gasteiger partial charge in [-0.05, 0) is 12.8 Å². The van der Waals surface area contributed by atoms with E-state index in [1.165, 1.54) is 13.1 Å². The molecule has 0 heterocycles. The van der Waals surface area contributed by atoms with Crippen LogP contribution in [0.5, 0.6) is 0 Å². The molecule has 9 heteroatoms. The first-order valence-electron chi connectivity index (χ1n) is 7.44. The Labute approximate surface area is 140 Å². The molecule has 1 unspecified atom stereocenters. The largest absolute Gasteiger partial charge is 0.381 e. The zero-order valence-corrected chi connectivity index (χ0v) is 15.4. The highest BCUT2D eigenvalue weighted by Crippen LogP contribution is 2.33. The SMILES string of the molecule is CC.CNS(O)(O)CCC(CCN(C)/C=C\C(=O)NC=O)OC. The number of carbonyl (C=O) groups excluding carboxylic acids is 2. The first-order chi connectivity index (χ1) is 10.8. The summed E-state index contributed by atoms with van der Waals surface area (Å²) in [6.07, 6.45) is 4.23. The van der Waals surface area contributed by atoms with Crippen molar-refractivity contribution in [3.63, 3.8) is 0 Å². The number of nitrogens with zero attached hydrogens (tertiary/aromatic N) is 1. The third kappa shape index (κ3) is 14.2. The molecule has 0 bridgehead atoms. The third-order valence-electron chi connectivity index (χ3n) is 2.87. The molecule has 0 aromatic carbocycles. The lowest BCUT2D eigenvalue weighted by molar-refractivity contribution is -0.121. The van der Waals surface area contributed by atoms with Gasteiger partial charge in [0, 0.05) is 40.0 Å². The van der Waals surface area contributed by atoms with E-state index in [-0.39, 0.29) is 11.9 Å². The van der Waals surface area contributed by atoms with Crippen molar-refractivity contribution in [1.29, 1.82) is 0 Å². The number of nitrogens with one attached hydrogen (secondary N) is 2. The Morgan fingerprint density at radius 1 is 1.35 bits per heavy atom. The van der Waals surface area contributed by atoms with Gasteiger partial charge in [0.05, 0.1) is 11.9 Å². The minimum absolute atomic E-state index is 0.107. The zero-order valence-electron chi connectivity index (χ0n) is 14.6. The van der Waals surface area contributed by atoms with Crippen molar-refractivity contribution in [3.05, 3.63) is 12.3 Å². The van der Waals surface area contributed by atoms with Crippen LogP contribution in [0.1, 0.15) is 26.7 Å². The van der Waals surface area contributed by atoms with Gasteiger partial charge in [0.15, 0.2) is 0 Å². The van der Waals surface area contributed by atoms with Crippen LogP contribution in [0.15, 0.2) is 12.3 Å². The number of hydrogen-bond acceptors (Lipinski definition) is 7. The van der Waals surface area contributed by atoms with Gasteiger partial charge >= 0.3 is 0 Å². The number of rotatable bonds is 11. The molecular formula is C14H31N3O5S. The highest BCUT2D eigenvalue weighted by atomic mass is 32.3. The summed E-state index contributed by atoms with van der Waals surface area (Å²) in [6, 6.07) is 0. The molecule has 0 saturated carbocycles. The van der Waals surface area contributed by atoms with E-state index in [2.05, 4.69) is 4.72 Å². The van der Waals surface area contributed by atoms with E-state index < -0.39 is 16.7 Å². The molecule has 0 spiro atoms. The van der Waals surface area contributed by atoms with Crippen LogP contribution in [0.4, 0.5) is 0 Å². The lowest BCUT2D eigenvalue weighted by Crippen LogP contribution is -2.25. The Morgan fingerprint density at radius 3 is 2.43 bits per heavy atom. The average molecular weight is 353 g/mol. The van der Waals surface area contributed by atoms with Crippen LogP contribution in [0.25, 0.3) is 0 Å². The molecule has 23 heavy (non-hydrogen) atoms. The quantitative estimate of drug-likeness (QED) is 0.328. The van der Waals surface area contributed by atoms with Crippen molar-refractivity contribution < 1.29 is 23.4 Å². The van der Waals surface area contributed by atoms with Crippen LogP contribution >= 0.6 is 10.8 Å². The van der Waals surface area contributed by atoms with Gasteiger partial charge < -0.3 is 9.64 Å². The minimum atomic E-state index is -2.73. The molecule has 0 aromatic rings. The van der Waals surface area contributed by atoms with E-state index in [1.807, 2.05) is 19.2 Å². The third-order valence-corrected chi connectivity index (χ3v) is 4.33. The standard InChI is InChI=1S/C12H25N3O5S.C2H6/c1-13-21(18,19)9-6-11(20-3)4-7-15(2)8-5-12(17)14-10-16;1-2/h5,8,10-11,13,18-19H,4,6-7,9H2,1-3H3,(H,14,16,17);1-2H3/b8-5-;. The Balaban J connectivity index is 0. The molecular weight excluding hydrogens is 322 g/mol. The van der Waals surface area contributed by atoms with E-state index in [1.54, 1.807) is 25.3 Å². The van der Waals surface area contributed by atoms with Gasteiger partial charge in [0.25, 0.3) is 5.91 Å². The summed E-state index contributed by atoms with van der Waals surface area (Å²) in [4.78, 5) is 22.9. The van der Waals surface area contributed by atoms with Gasteiger partial charge in [-0.15, -0.1) is 10.8 Å². The fourth-order valence-corrected chi connectivity index (χ4v) is 2.30. The van der Waals surface area contributed by atoms with E-state index in [0.717, 1.165) is 0 Å². The molecule has 0 fully saturated rings. The van der Waals surface area contributed by atoms with E-state index in [0.29, 0.717) is 25.8 Å². The number of hydrogen-bond donors (Lipinski definition) is 4. The molecule has 2 amide bonds. The summed E-state index contributed by atoms with van der Waals surface area (Å²) < 4.78 is 26.8. The number of imide groups is 1. The maximum absolute atomic E-state index is 11.0. The van der Waals surface area contributed by atoms with E-state index in [4.69, 9.17) is 4.74 Å². The van der Waals surface area contributed by atoms with Crippen LogP contribution < -0.4 is 10.0 Å². The Hall–Kier alpha value is -1.13. The van der Waals surface area contributed by atoms with Crippen LogP contribution in [0, 0.1) is 0 Å². The lowest BCUT2D eigenvalue weighted by Gasteiger charge is -2.32. The number of methoxy groups -OCH3 is 1. The first kappa shape index (κ1) is 24.1. The molecule has 4 N–H and O–H groups in total. The van der Waals surface area contributed by atoms with Crippen LogP contribution in [0.3, 0.4) is 0 Å². The maximum atomic E-state index is 11.0. The van der Waals surface area contributed by atoms with Gasteiger partial charge in [-0.1, -0.05) is 13.8 Å². The average Bonchev–Trinajstić information content (AvgIpc) is 2.55. The Morgan fingerprint density at radius 2 is 1.96 bits per heavy atom. The van der Waals surface area contributed by atoms with E-state index in [9.17, 15) is 18.7 Å². The summed E-state index contributed by atoms with van der Waals surface area (Å²) in [6.45, 7) is 4.63. The second kappa shape index (κ2) is 14.5. The van der Waals surface area contributed by atoms with Gasteiger partial charge in [0.1, 0.15) is 0 Å². The summed E-state index contributed by atoms with van der Waals surface area (Å²) in [5.41, 5.74) is 0.